The Labute approximate surface area is 151 Å². The number of cyclic esters (lactones) is 1. The lowest BCUT2D eigenvalue weighted by atomic mass is 9.93. The molecule has 0 unspecified atom stereocenters. The van der Waals surface area contributed by atoms with Gasteiger partial charge in [-0.25, -0.2) is 0 Å². The number of hydrogen-bond acceptors (Lipinski definition) is 3. The molecule has 1 amide bonds. The highest BCUT2D eigenvalue weighted by molar-refractivity contribution is 5.87. The fourth-order valence-corrected chi connectivity index (χ4v) is 3.24. The van der Waals surface area contributed by atoms with Gasteiger partial charge in [0.15, 0.2) is 0 Å². The first-order valence-corrected chi connectivity index (χ1v) is 8.93. The van der Waals surface area contributed by atoms with Crippen LogP contribution >= 0.6 is 0 Å². The second-order valence-corrected chi connectivity index (χ2v) is 6.62. The van der Waals surface area contributed by atoms with Crippen LogP contribution in [0.5, 0.6) is 0 Å². The number of carbonyl (C=O) groups is 2. The highest BCUT2D eigenvalue weighted by atomic mass is 19.4. The topological polar surface area (TPSA) is 55.4 Å². The SMILES string of the molecule is CCCC(CCC)NC(=O)[C@@H]1CC(=O)O[C@H]1c1ccc(C(F)(F)F)cc1. The Morgan fingerprint density at radius 1 is 1.19 bits per heavy atom. The zero-order valence-electron chi connectivity index (χ0n) is 14.9. The van der Waals surface area contributed by atoms with Crippen molar-refractivity contribution in [1.82, 2.24) is 5.32 Å². The molecular formula is C19H24F3NO3. The van der Waals surface area contributed by atoms with E-state index < -0.39 is 29.7 Å². The third-order valence-electron chi connectivity index (χ3n) is 4.53. The lowest BCUT2D eigenvalue weighted by Crippen LogP contribution is -2.39. The van der Waals surface area contributed by atoms with Crippen molar-refractivity contribution in [2.45, 2.75) is 64.3 Å². The summed E-state index contributed by atoms with van der Waals surface area (Å²) < 4.78 is 43.3. The van der Waals surface area contributed by atoms with Crippen LogP contribution < -0.4 is 5.32 Å². The maximum absolute atomic E-state index is 12.7. The Morgan fingerprint density at radius 2 is 1.77 bits per heavy atom. The number of nitrogens with one attached hydrogen (secondary N) is 1. The zero-order chi connectivity index (χ0) is 19.3. The minimum atomic E-state index is -4.44. The van der Waals surface area contributed by atoms with Crippen molar-refractivity contribution >= 4 is 11.9 Å². The van der Waals surface area contributed by atoms with Gasteiger partial charge >= 0.3 is 12.1 Å². The van der Waals surface area contributed by atoms with Crippen LogP contribution in [0.3, 0.4) is 0 Å². The molecule has 0 aromatic heterocycles. The standard InChI is InChI=1S/C19H24F3NO3/c1-3-5-14(6-4-2)23-18(25)15-11-16(24)26-17(15)12-7-9-13(10-8-12)19(20,21)22/h7-10,14-15,17H,3-6,11H2,1-2H3,(H,23,25)/t15-,17+/m1/s1. The van der Waals surface area contributed by atoms with Gasteiger partial charge in [0.2, 0.25) is 5.91 Å². The van der Waals surface area contributed by atoms with Crippen molar-refractivity contribution in [1.29, 1.82) is 0 Å². The predicted molar refractivity (Wildman–Crippen MR) is 90.1 cm³/mol. The Bertz CT molecular complexity index is 622. The van der Waals surface area contributed by atoms with Gasteiger partial charge in [-0.15, -0.1) is 0 Å². The van der Waals surface area contributed by atoms with Crippen molar-refractivity contribution < 1.29 is 27.5 Å². The molecule has 1 fully saturated rings. The molecule has 1 saturated heterocycles. The Kier molecular flexibility index (Phi) is 6.67. The normalized spacial score (nSPS) is 20.3. The minimum absolute atomic E-state index is 0.0291. The zero-order valence-corrected chi connectivity index (χ0v) is 14.9. The summed E-state index contributed by atoms with van der Waals surface area (Å²) in [6.07, 6.45) is -1.83. The van der Waals surface area contributed by atoms with E-state index in [0.717, 1.165) is 37.8 Å². The molecule has 1 aromatic carbocycles. The molecule has 0 aliphatic carbocycles. The Balaban J connectivity index is 2.14. The molecule has 4 nitrogen and oxygen atoms in total. The third kappa shape index (κ3) is 4.99. The number of esters is 1. The fourth-order valence-electron chi connectivity index (χ4n) is 3.24. The summed E-state index contributed by atoms with van der Waals surface area (Å²) in [5.74, 6) is -1.53. The first kappa shape index (κ1) is 20.3. The number of ether oxygens (including phenoxy) is 1. The van der Waals surface area contributed by atoms with Crippen molar-refractivity contribution in [2.24, 2.45) is 5.92 Å². The van der Waals surface area contributed by atoms with E-state index in [-0.39, 0.29) is 18.4 Å². The lowest BCUT2D eigenvalue weighted by molar-refractivity contribution is -0.142. The van der Waals surface area contributed by atoms with Crippen LogP contribution in [0.2, 0.25) is 0 Å². The van der Waals surface area contributed by atoms with Crippen LogP contribution in [0.1, 0.15) is 63.2 Å². The molecule has 1 aromatic rings. The number of halogens is 3. The van der Waals surface area contributed by atoms with Gasteiger partial charge in [0, 0.05) is 6.04 Å². The van der Waals surface area contributed by atoms with Crippen molar-refractivity contribution in [3.63, 3.8) is 0 Å². The van der Waals surface area contributed by atoms with Crippen molar-refractivity contribution in [2.75, 3.05) is 0 Å². The number of hydrogen-bond donors (Lipinski definition) is 1. The fraction of sp³-hybridized carbons (Fsp3) is 0.579. The molecule has 0 spiro atoms. The molecule has 7 heteroatoms. The van der Waals surface area contributed by atoms with E-state index in [0.29, 0.717) is 5.56 Å². The number of rotatable bonds is 7. The maximum Gasteiger partial charge on any atom is 0.416 e. The number of alkyl halides is 3. The van der Waals surface area contributed by atoms with E-state index >= 15 is 0 Å². The molecule has 1 N–H and O–H groups in total. The number of carbonyl (C=O) groups excluding carboxylic acids is 2. The van der Waals surface area contributed by atoms with Gasteiger partial charge in [-0.05, 0) is 30.5 Å². The molecule has 2 atom stereocenters. The van der Waals surface area contributed by atoms with Gasteiger partial charge in [0.25, 0.3) is 0 Å². The molecule has 1 aliphatic rings. The van der Waals surface area contributed by atoms with Crippen molar-refractivity contribution in [3.05, 3.63) is 35.4 Å². The largest absolute Gasteiger partial charge is 0.457 e. The predicted octanol–water partition coefficient (Wildman–Crippen LogP) is 4.39. The van der Waals surface area contributed by atoms with Gasteiger partial charge in [0.05, 0.1) is 17.9 Å². The Morgan fingerprint density at radius 3 is 2.27 bits per heavy atom. The monoisotopic (exact) mass is 371 g/mol. The first-order valence-electron chi connectivity index (χ1n) is 8.93. The average molecular weight is 371 g/mol. The lowest BCUT2D eigenvalue weighted by Gasteiger charge is -2.22. The molecule has 0 saturated carbocycles. The summed E-state index contributed by atoms with van der Waals surface area (Å²) in [6.45, 7) is 4.06. The summed E-state index contributed by atoms with van der Waals surface area (Å²) in [7, 11) is 0. The molecule has 1 aliphatic heterocycles. The van der Waals surface area contributed by atoms with Crippen LogP contribution in [0.25, 0.3) is 0 Å². The summed E-state index contributed by atoms with van der Waals surface area (Å²) in [4.78, 5) is 24.4. The maximum atomic E-state index is 12.7. The van der Waals surface area contributed by atoms with Crippen LogP contribution in [0.4, 0.5) is 13.2 Å². The van der Waals surface area contributed by atoms with Gasteiger partial charge in [-0.1, -0.05) is 38.8 Å². The summed E-state index contributed by atoms with van der Waals surface area (Å²) >= 11 is 0. The second-order valence-electron chi connectivity index (χ2n) is 6.62. The van der Waals surface area contributed by atoms with E-state index in [1.807, 2.05) is 13.8 Å². The van der Waals surface area contributed by atoms with Gasteiger partial charge in [-0.2, -0.15) is 13.2 Å². The van der Waals surface area contributed by atoms with E-state index in [4.69, 9.17) is 4.74 Å². The second kappa shape index (κ2) is 8.56. The van der Waals surface area contributed by atoms with Crippen LogP contribution in [0, 0.1) is 5.92 Å². The smallest absolute Gasteiger partial charge is 0.416 e. The summed E-state index contributed by atoms with van der Waals surface area (Å²) in [5.41, 5.74) is -0.385. The van der Waals surface area contributed by atoms with Gasteiger partial charge in [0.1, 0.15) is 6.10 Å². The number of amides is 1. The van der Waals surface area contributed by atoms with E-state index in [1.165, 1.54) is 12.1 Å². The summed E-state index contributed by atoms with van der Waals surface area (Å²) in [6, 6.07) is 4.44. The van der Waals surface area contributed by atoms with Crippen LogP contribution in [-0.2, 0) is 20.5 Å². The van der Waals surface area contributed by atoms with E-state index in [2.05, 4.69) is 5.32 Å². The molecule has 0 bridgehead atoms. The molecule has 0 radical (unpaired) electrons. The van der Waals surface area contributed by atoms with E-state index in [9.17, 15) is 22.8 Å². The highest BCUT2D eigenvalue weighted by Gasteiger charge is 2.41. The highest BCUT2D eigenvalue weighted by Crippen LogP contribution is 2.37. The van der Waals surface area contributed by atoms with Crippen LogP contribution in [0.15, 0.2) is 24.3 Å². The van der Waals surface area contributed by atoms with Crippen molar-refractivity contribution in [3.8, 4) is 0 Å². The third-order valence-corrected chi connectivity index (χ3v) is 4.53. The molecule has 2 rings (SSSR count). The number of benzene rings is 1. The molecule has 1 heterocycles. The minimum Gasteiger partial charge on any atom is -0.457 e. The molecule has 144 valence electrons. The molecule has 26 heavy (non-hydrogen) atoms. The first-order chi connectivity index (χ1) is 12.3. The van der Waals surface area contributed by atoms with Crippen LogP contribution in [-0.4, -0.2) is 17.9 Å². The quantitative estimate of drug-likeness (QED) is 0.723. The Hall–Kier alpha value is -2.05. The van der Waals surface area contributed by atoms with E-state index in [1.54, 1.807) is 0 Å². The average Bonchev–Trinajstić information content (AvgIpc) is 2.97. The van der Waals surface area contributed by atoms with Gasteiger partial charge < -0.3 is 10.1 Å². The van der Waals surface area contributed by atoms with Gasteiger partial charge in [-0.3, -0.25) is 9.59 Å². The summed E-state index contributed by atoms with van der Waals surface area (Å²) in [5, 5.41) is 2.97. The molecular weight excluding hydrogens is 347 g/mol.